The third-order valence-corrected chi connectivity index (χ3v) is 8.08. The lowest BCUT2D eigenvalue weighted by Gasteiger charge is -2.37. The maximum Gasteiger partial charge on any atom is 0.252 e. The number of hydrogen-bond acceptors (Lipinski definition) is 7. The van der Waals surface area contributed by atoms with Crippen molar-refractivity contribution in [3.63, 3.8) is 0 Å². The summed E-state index contributed by atoms with van der Waals surface area (Å²) in [6.45, 7) is 13.7. The molecule has 8 nitrogen and oxygen atoms in total. The van der Waals surface area contributed by atoms with Crippen LogP contribution in [0.5, 0.6) is 0 Å². The maximum atomic E-state index is 13.7. The van der Waals surface area contributed by atoms with Crippen LogP contribution in [0.15, 0.2) is 18.3 Å². The number of pyridine rings is 1. The van der Waals surface area contributed by atoms with Crippen LogP contribution in [0, 0.1) is 19.8 Å². The van der Waals surface area contributed by atoms with Gasteiger partial charge in [0.05, 0.1) is 42.7 Å². The van der Waals surface area contributed by atoms with Gasteiger partial charge in [-0.05, 0) is 46.2 Å². The average Bonchev–Trinajstić information content (AvgIpc) is 3.59. The van der Waals surface area contributed by atoms with E-state index in [9.17, 15) is 4.79 Å². The molecule has 2 atom stereocenters. The summed E-state index contributed by atoms with van der Waals surface area (Å²) in [5.74, 6) is 0.338. The molecular formula is C26H35N5O3S. The standard InChI is InChI=1S/C26H35N5O3S/c1-16(2)31-25-22(13-28-31)21(12-23(29-25)20-11-17(3)35-18(20)4)26(32)27-14-24(19-5-8-34-15-19)30-6-9-33-10-7-30/h11-13,16,19,24H,5-10,14-15H2,1-4H3,(H,27,32). The van der Waals surface area contributed by atoms with E-state index in [1.807, 2.05) is 10.7 Å². The Morgan fingerprint density at radius 1 is 1.20 bits per heavy atom. The first kappa shape index (κ1) is 24.4. The predicted octanol–water partition coefficient (Wildman–Crippen LogP) is 3.82. The highest BCUT2D eigenvalue weighted by atomic mass is 32.1. The largest absolute Gasteiger partial charge is 0.381 e. The molecule has 0 radical (unpaired) electrons. The number of nitrogens with zero attached hydrogens (tertiary/aromatic N) is 4. The van der Waals surface area contributed by atoms with E-state index in [0.717, 1.165) is 68.2 Å². The quantitative estimate of drug-likeness (QED) is 0.534. The molecule has 2 aliphatic rings. The highest BCUT2D eigenvalue weighted by Crippen LogP contribution is 2.32. The van der Waals surface area contributed by atoms with Crippen LogP contribution in [0.1, 0.15) is 46.4 Å². The Morgan fingerprint density at radius 3 is 2.66 bits per heavy atom. The number of hydrogen-bond donors (Lipinski definition) is 1. The van der Waals surface area contributed by atoms with Crippen molar-refractivity contribution in [2.45, 2.75) is 46.2 Å². The molecule has 35 heavy (non-hydrogen) atoms. The lowest BCUT2D eigenvalue weighted by Crippen LogP contribution is -2.52. The van der Waals surface area contributed by atoms with Gasteiger partial charge in [0.15, 0.2) is 5.65 Å². The Bertz CT molecular complexity index is 1190. The molecule has 188 valence electrons. The van der Waals surface area contributed by atoms with E-state index in [0.29, 0.717) is 18.0 Å². The Labute approximate surface area is 210 Å². The number of aryl methyl sites for hydroxylation is 2. The molecular weight excluding hydrogens is 462 g/mol. The van der Waals surface area contributed by atoms with Gasteiger partial charge < -0.3 is 14.8 Å². The van der Waals surface area contributed by atoms with Gasteiger partial charge in [-0.15, -0.1) is 11.3 Å². The first-order valence-electron chi connectivity index (χ1n) is 12.6. The van der Waals surface area contributed by atoms with Gasteiger partial charge in [-0.1, -0.05) is 0 Å². The van der Waals surface area contributed by atoms with Crippen molar-refractivity contribution in [2.75, 3.05) is 46.1 Å². The van der Waals surface area contributed by atoms with E-state index in [1.54, 1.807) is 17.5 Å². The fourth-order valence-electron chi connectivity index (χ4n) is 5.26. The molecule has 2 unspecified atom stereocenters. The van der Waals surface area contributed by atoms with Crippen LogP contribution in [0.2, 0.25) is 0 Å². The number of morpholine rings is 1. The smallest absolute Gasteiger partial charge is 0.252 e. The fraction of sp³-hybridized carbons (Fsp3) is 0.577. The number of nitrogens with one attached hydrogen (secondary N) is 1. The van der Waals surface area contributed by atoms with Gasteiger partial charge in [0.1, 0.15) is 0 Å². The number of aromatic nitrogens is 3. The highest BCUT2D eigenvalue weighted by Gasteiger charge is 2.32. The first-order chi connectivity index (χ1) is 16.9. The number of carbonyl (C=O) groups excluding carboxylic acids is 1. The monoisotopic (exact) mass is 497 g/mol. The minimum atomic E-state index is -0.0799. The summed E-state index contributed by atoms with van der Waals surface area (Å²) < 4.78 is 13.2. The van der Waals surface area contributed by atoms with Crippen LogP contribution in [-0.4, -0.2) is 77.7 Å². The van der Waals surface area contributed by atoms with Gasteiger partial charge in [-0.2, -0.15) is 5.10 Å². The third kappa shape index (κ3) is 5.00. The minimum absolute atomic E-state index is 0.0799. The Morgan fingerprint density at radius 2 is 2.00 bits per heavy atom. The molecule has 0 spiro atoms. The number of ether oxygens (including phenoxy) is 2. The summed E-state index contributed by atoms with van der Waals surface area (Å²) in [6, 6.07) is 4.47. The minimum Gasteiger partial charge on any atom is -0.381 e. The second-order valence-corrected chi connectivity index (χ2v) is 11.3. The fourth-order valence-corrected chi connectivity index (χ4v) is 6.19. The Balaban J connectivity index is 1.46. The molecule has 0 aliphatic carbocycles. The van der Waals surface area contributed by atoms with Gasteiger partial charge in [0.25, 0.3) is 5.91 Å². The number of rotatable bonds is 7. The van der Waals surface area contributed by atoms with Crippen LogP contribution in [0.3, 0.4) is 0 Å². The second kappa shape index (κ2) is 10.3. The highest BCUT2D eigenvalue weighted by molar-refractivity contribution is 7.12. The van der Waals surface area contributed by atoms with Crippen molar-refractivity contribution in [3.8, 4) is 11.3 Å². The van der Waals surface area contributed by atoms with Crippen molar-refractivity contribution in [1.29, 1.82) is 0 Å². The SMILES string of the molecule is Cc1cc(-c2cc(C(=O)NCC(C3CCOC3)N3CCOCC3)c3cnn(C(C)C)c3n2)c(C)s1. The van der Waals surface area contributed by atoms with E-state index in [-0.39, 0.29) is 18.0 Å². The molecule has 5 heterocycles. The zero-order chi connectivity index (χ0) is 24.5. The van der Waals surface area contributed by atoms with Crippen molar-refractivity contribution < 1.29 is 14.3 Å². The van der Waals surface area contributed by atoms with Crippen LogP contribution in [-0.2, 0) is 9.47 Å². The molecule has 0 saturated carbocycles. The molecule has 2 fully saturated rings. The van der Waals surface area contributed by atoms with Gasteiger partial charge in [-0.25, -0.2) is 9.67 Å². The van der Waals surface area contributed by atoms with E-state index in [1.165, 1.54) is 9.75 Å². The number of carbonyl (C=O) groups is 1. The van der Waals surface area contributed by atoms with Crippen LogP contribution < -0.4 is 5.32 Å². The third-order valence-electron chi connectivity index (χ3n) is 7.11. The maximum absolute atomic E-state index is 13.7. The second-order valence-electron chi connectivity index (χ2n) is 9.85. The van der Waals surface area contributed by atoms with Crippen molar-refractivity contribution in [1.82, 2.24) is 25.0 Å². The Kier molecular flexibility index (Phi) is 7.20. The predicted molar refractivity (Wildman–Crippen MR) is 138 cm³/mol. The van der Waals surface area contributed by atoms with E-state index >= 15 is 0 Å². The summed E-state index contributed by atoms with van der Waals surface area (Å²) in [7, 11) is 0. The van der Waals surface area contributed by atoms with Crippen LogP contribution in [0.25, 0.3) is 22.3 Å². The number of thiophene rings is 1. The lowest BCUT2D eigenvalue weighted by atomic mass is 9.96. The van der Waals surface area contributed by atoms with E-state index in [2.05, 4.69) is 49.1 Å². The summed E-state index contributed by atoms with van der Waals surface area (Å²) in [5, 5.41) is 8.62. The van der Waals surface area contributed by atoms with Crippen molar-refractivity contribution in [2.24, 2.45) is 5.92 Å². The molecule has 3 aromatic heterocycles. The molecule has 1 amide bonds. The van der Waals surface area contributed by atoms with Gasteiger partial charge in [-0.3, -0.25) is 9.69 Å². The molecule has 1 N–H and O–H groups in total. The average molecular weight is 498 g/mol. The molecule has 2 aliphatic heterocycles. The summed E-state index contributed by atoms with van der Waals surface area (Å²) in [6.07, 6.45) is 2.80. The van der Waals surface area contributed by atoms with Gasteiger partial charge >= 0.3 is 0 Å². The lowest BCUT2D eigenvalue weighted by molar-refractivity contribution is 0.00167. The van der Waals surface area contributed by atoms with Crippen molar-refractivity contribution >= 4 is 28.3 Å². The summed E-state index contributed by atoms with van der Waals surface area (Å²) >= 11 is 1.75. The molecule has 2 saturated heterocycles. The molecule has 3 aromatic rings. The van der Waals surface area contributed by atoms with Gasteiger partial charge in [0.2, 0.25) is 0 Å². The van der Waals surface area contributed by atoms with Crippen LogP contribution in [0.4, 0.5) is 0 Å². The molecule has 0 aromatic carbocycles. The van der Waals surface area contributed by atoms with Crippen molar-refractivity contribution in [3.05, 3.63) is 33.6 Å². The number of amides is 1. The van der Waals surface area contributed by atoms with Gasteiger partial charge in [0, 0.05) is 59.6 Å². The number of fused-ring (bicyclic) bond motifs is 1. The van der Waals surface area contributed by atoms with E-state index in [4.69, 9.17) is 14.5 Å². The summed E-state index contributed by atoms with van der Waals surface area (Å²) in [5.41, 5.74) is 3.28. The molecule has 0 bridgehead atoms. The Hall–Kier alpha value is -2.33. The van der Waals surface area contributed by atoms with E-state index < -0.39 is 0 Å². The normalized spacial score (nSPS) is 20.1. The topological polar surface area (TPSA) is 81.5 Å². The zero-order valence-electron chi connectivity index (χ0n) is 21.0. The zero-order valence-corrected chi connectivity index (χ0v) is 21.9. The first-order valence-corrected chi connectivity index (χ1v) is 13.4. The van der Waals surface area contributed by atoms with Crippen LogP contribution >= 0.6 is 11.3 Å². The summed E-state index contributed by atoms with van der Waals surface area (Å²) in [4.78, 5) is 23.5. The molecule has 5 rings (SSSR count). The molecule has 9 heteroatoms.